The summed E-state index contributed by atoms with van der Waals surface area (Å²) in [5.74, 6) is 1.38. The Morgan fingerprint density at radius 3 is 2.69 bits per heavy atom. The van der Waals surface area contributed by atoms with Crippen molar-refractivity contribution in [3.8, 4) is 16.6 Å². The highest BCUT2D eigenvalue weighted by molar-refractivity contribution is 7.14. The Labute approximate surface area is 156 Å². The molecule has 6 nitrogen and oxygen atoms in total. The Morgan fingerprint density at radius 1 is 1.19 bits per heavy atom. The average molecular weight is 371 g/mol. The normalized spacial score (nSPS) is 10.5. The number of rotatable bonds is 8. The van der Waals surface area contributed by atoms with Crippen LogP contribution in [0.4, 0.5) is 0 Å². The predicted octanol–water partition coefficient (Wildman–Crippen LogP) is 2.85. The average Bonchev–Trinajstić information content (AvgIpc) is 3.33. The summed E-state index contributed by atoms with van der Waals surface area (Å²) in [6.07, 6.45) is 6.69. The summed E-state index contributed by atoms with van der Waals surface area (Å²) in [5, 5.41) is 3.81. The first-order chi connectivity index (χ1) is 12.7. The van der Waals surface area contributed by atoms with E-state index in [1.54, 1.807) is 20.4 Å². The molecule has 2 heterocycles. The van der Waals surface area contributed by atoms with Crippen LogP contribution in [0, 0.1) is 0 Å². The van der Waals surface area contributed by atoms with Crippen LogP contribution in [0.2, 0.25) is 0 Å². The van der Waals surface area contributed by atoms with Crippen LogP contribution in [0.15, 0.2) is 48.9 Å². The molecule has 26 heavy (non-hydrogen) atoms. The smallest absolute Gasteiger partial charge is 0.225 e. The molecule has 0 unspecified atom stereocenters. The first-order valence-corrected chi connectivity index (χ1v) is 9.07. The molecule has 0 radical (unpaired) electrons. The molecule has 7 heteroatoms. The first-order valence-electron chi connectivity index (χ1n) is 8.25. The van der Waals surface area contributed by atoms with Crippen LogP contribution in [0.3, 0.4) is 0 Å². The van der Waals surface area contributed by atoms with Crippen LogP contribution in [0.1, 0.15) is 10.4 Å². The first kappa shape index (κ1) is 18.0. The lowest BCUT2D eigenvalue weighted by atomic mass is 10.1. The fourth-order valence-corrected chi connectivity index (χ4v) is 3.44. The number of hydrogen-bond acceptors (Lipinski definition) is 5. The van der Waals surface area contributed by atoms with Crippen molar-refractivity contribution in [2.24, 2.45) is 0 Å². The largest absolute Gasteiger partial charge is 0.493 e. The van der Waals surface area contributed by atoms with Crippen molar-refractivity contribution >= 4 is 17.2 Å². The van der Waals surface area contributed by atoms with Crippen molar-refractivity contribution in [2.45, 2.75) is 12.8 Å². The summed E-state index contributed by atoms with van der Waals surface area (Å²) in [6, 6.07) is 9.66. The SMILES string of the molecule is COc1ccc(CCNC(=O)Cc2cnc(-n3cccc3)s2)cc1OC. The topological polar surface area (TPSA) is 65.4 Å². The van der Waals surface area contributed by atoms with E-state index in [1.807, 2.05) is 47.3 Å². The molecule has 2 aromatic heterocycles. The summed E-state index contributed by atoms with van der Waals surface area (Å²) in [4.78, 5) is 17.4. The standard InChI is InChI=1S/C19H21N3O3S/c1-24-16-6-5-14(11-17(16)25-2)7-8-20-18(23)12-15-13-21-19(26-15)22-9-3-4-10-22/h3-6,9-11,13H,7-8,12H2,1-2H3,(H,20,23). The van der Waals surface area contributed by atoms with E-state index in [4.69, 9.17) is 9.47 Å². The molecule has 0 atom stereocenters. The Balaban J connectivity index is 1.49. The maximum absolute atomic E-state index is 12.1. The zero-order chi connectivity index (χ0) is 18.4. The quantitative estimate of drug-likeness (QED) is 0.661. The fraction of sp³-hybridized carbons (Fsp3) is 0.263. The van der Waals surface area contributed by atoms with E-state index in [1.165, 1.54) is 11.3 Å². The van der Waals surface area contributed by atoms with Crippen LogP contribution < -0.4 is 14.8 Å². The van der Waals surface area contributed by atoms with E-state index in [9.17, 15) is 4.79 Å². The summed E-state index contributed by atoms with van der Waals surface area (Å²) < 4.78 is 12.5. The minimum atomic E-state index is -0.00631. The molecule has 0 aliphatic heterocycles. The van der Waals surface area contributed by atoms with E-state index in [2.05, 4.69) is 10.3 Å². The van der Waals surface area contributed by atoms with Gasteiger partial charge in [0.05, 0.1) is 20.6 Å². The zero-order valence-electron chi connectivity index (χ0n) is 14.8. The Bertz CT molecular complexity index is 859. The minimum Gasteiger partial charge on any atom is -0.493 e. The monoisotopic (exact) mass is 371 g/mol. The van der Waals surface area contributed by atoms with Gasteiger partial charge in [0.1, 0.15) is 0 Å². The third-order valence-electron chi connectivity index (χ3n) is 3.89. The number of thiazole rings is 1. The van der Waals surface area contributed by atoms with Gasteiger partial charge < -0.3 is 19.4 Å². The molecule has 0 bridgehead atoms. The number of methoxy groups -OCH3 is 2. The van der Waals surface area contributed by atoms with Crippen LogP contribution in [-0.2, 0) is 17.6 Å². The summed E-state index contributed by atoms with van der Waals surface area (Å²) in [5.41, 5.74) is 1.08. The minimum absolute atomic E-state index is 0.00631. The van der Waals surface area contributed by atoms with Gasteiger partial charge >= 0.3 is 0 Å². The molecule has 0 fully saturated rings. The molecule has 136 valence electrons. The Hall–Kier alpha value is -2.80. The highest BCUT2D eigenvalue weighted by atomic mass is 32.1. The van der Waals surface area contributed by atoms with Gasteiger partial charge in [-0.1, -0.05) is 6.07 Å². The van der Waals surface area contributed by atoms with Crippen molar-refractivity contribution < 1.29 is 14.3 Å². The van der Waals surface area contributed by atoms with Gasteiger partial charge in [-0.15, -0.1) is 11.3 Å². The lowest BCUT2D eigenvalue weighted by Gasteiger charge is -2.10. The number of amides is 1. The second-order valence-electron chi connectivity index (χ2n) is 5.67. The van der Waals surface area contributed by atoms with Crippen LogP contribution in [0.25, 0.3) is 5.13 Å². The van der Waals surface area contributed by atoms with E-state index in [0.717, 1.165) is 22.0 Å². The molecular weight excluding hydrogens is 350 g/mol. The third-order valence-corrected chi connectivity index (χ3v) is 4.90. The zero-order valence-corrected chi connectivity index (χ0v) is 15.6. The van der Waals surface area contributed by atoms with Crippen molar-refractivity contribution in [1.82, 2.24) is 14.9 Å². The summed E-state index contributed by atoms with van der Waals surface area (Å²) in [6.45, 7) is 0.567. The maximum atomic E-state index is 12.1. The second kappa shape index (κ2) is 8.53. The second-order valence-corrected chi connectivity index (χ2v) is 6.76. The number of hydrogen-bond donors (Lipinski definition) is 1. The van der Waals surface area contributed by atoms with Crippen molar-refractivity contribution in [3.63, 3.8) is 0 Å². The molecule has 0 spiro atoms. The molecule has 0 aliphatic rings. The van der Waals surface area contributed by atoms with Crippen molar-refractivity contribution in [3.05, 3.63) is 59.4 Å². The highest BCUT2D eigenvalue weighted by Crippen LogP contribution is 2.27. The number of nitrogens with one attached hydrogen (secondary N) is 1. The van der Waals surface area contributed by atoms with Gasteiger partial charge in [0.15, 0.2) is 16.6 Å². The van der Waals surface area contributed by atoms with Crippen LogP contribution >= 0.6 is 11.3 Å². The Kier molecular flexibility index (Phi) is 5.91. The number of carbonyl (C=O) groups is 1. The summed E-state index contributed by atoms with van der Waals surface area (Å²) >= 11 is 1.52. The number of nitrogens with zero attached hydrogens (tertiary/aromatic N) is 2. The van der Waals surface area contributed by atoms with Gasteiger partial charge in [0.2, 0.25) is 5.91 Å². The van der Waals surface area contributed by atoms with Gasteiger partial charge in [0, 0.05) is 30.0 Å². The van der Waals surface area contributed by atoms with Crippen molar-refractivity contribution in [2.75, 3.05) is 20.8 Å². The van der Waals surface area contributed by atoms with E-state index in [0.29, 0.717) is 24.5 Å². The number of ether oxygens (including phenoxy) is 2. The van der Waals surface area contributed by atoms with Crippen LogP contribution in [0.5, 0.6) is 11.5 Å². The molecule has 3 rings (SSSR count). The highest BCUT2D eigenvalue weighted by Gasteiger charge is 2.09. The van der Waals surface area contributed by atoms with E-state index in [-0.39, 0.29) is 5.91 Å². The van der Waals surface area contributed by atoms with E-state index < -0.39 is 0 Å². The number of aromatic nitrogens is 2. The lowest BCUT2D eigenvalue weighted by Crippen LogP contribution is -2.26. The third kappa shape index (κ3) is 4.43. The van der Waals surface area contributed by atoms with Gasteiger partial charge in [0.25, 0.3) is 0 Å². The molecule has 0 saturated heterocycles. The Morgan fingerprint density at radius 2 is 1.96 bits per heavy atom. The fourth-order valence-electron chi connectivity index (χ4n) is 2.56. The number of benzene rings is 1. The molecule has 0 saturated carbocycles. The summed E-state index contributed by atoms with van der Waals surface area (Å²) in [7, 11) is 3.22. The predicted molar refractivity (Wildman–Crippen MR) is 101 cm³/mol. The molecular formula is C19H21N3O3S. The van der Waals surface area contributed by atoms with Gasteiger partial charge in [-0.25, -0.2) is 4.98 Å². The molecule has 1 amide bonds. The molecule has 0 aliphatic carbocycles. The molecule has 1 N–H and O–H groups in total. The molecule has 3 aromatic rings. The van der Waals surface area contributed by atoms with Crippen LogP contribution in [-0.4, -0.2) is 36.2 Å². The van der Waals surface area contributed by atoms with Gasteiger partial charge in [-0.2, -0.15) is 0 Å². The lowest BCUT2D eigenvalue weighted by molar-refractivity contribution is -0.120. The van der Waals surface area contributed by atoms with E-state index >= 15 is 0 Å². The number of carbonyl (C=O) groups excluding carboxylic acids is 1. The van der Waals surface area contributed by atoms with Gasteiger partial charge in [-0.05, 0) is 36.2 Å². The van der Waals surface area contributed by atoms with Crippen molar-refractivity contribution in [1.29, 1.82) is 0 Å². The van der Waals surface area contributed by atoms with Gasteiger partial charge in [-0.3, -0.25) is 4.79 Å². The maximum Gasteiger partial charge on any atom is 0.225 e. The molecule has 1 aromatic carbocycles.